The summed E-state index contributed by atoms with van der Waals surface area (Å²) < 4.78 is 27.2. The monoisotopic (exact) mass is 407 g/mol. The van der Waals surface area contributed by atoms with E-state index in [4.69, 9.17) is 0 Å². The van der Waals surface area contributed by atoms with Crippen LogP contribution in [0.25, 0.3) is 5.57 Å². The molecule has 3 aromatic rings. The highest BCUT2D eigenvalue weighted by atomic mass is 32.2. The fourth-order valence-corrected chi connectivity index (χ4v) is 3.93. The third-order valence-electron chi connectivity index (χ3n) is 3.82. The molecule has 0 aliphatic rings. The molecule has 0 unspecified atom stereocenters. The molecule has 0 aliphatic carbocycles. The number of carbonyl (C=O) groups excluding carboxylic acids is 1. The van der Waals surface area contributed by atoms with E-state index < -0.39 is 15.9 Å². The van der Waals surface area contributed by atoms with E-state index in [0.29, 0.717) is 5.56 Å². The lowest BCUT2D eigenvalue weighted by Gasteiger charge is -2.10. The minimum Gasteiger partial charge on any atom is -0.268 e. The number of amides is 1. The maximum atomic E-state index is 12.8. The summed E-state index contributed by atoms with van der Waals surface area (Å²) >= 11 is 1.49. The van der Waals surface area contributed by atoms with Crippen molar-refractivity contribution in [2.45, 2.75) is 11.8 Å². The Labute approximate surface area is 168 Å². The second-order valence-electron chi connectivity index (χ2n) is 5.92. The number of carbonyl (C=O) groups is 1. The van der Waals surface area contributed by atoms with Gasteiger partial charge in [-0.1, -0.05) is 65.9 Å². The van der Waals surface area contributed by atoms with Gasteiger partial charge in [0, 0.05) is 6.08 Å². The number of aryl methyl sites for hydroxylation is 1. The summed E-state index contributed by atoms with van der Waals surface area (Å²) in [6.07, 6.45) is 1.44. The molecular formula is C22H17NO3S2. The Kier molecular flexibility index (Phi) is 6.09. The molecule has 28 heavy (non-hydrogen) atoms. The number of sulfonamides is 1. The quantitative estimate of drug-likeness (QED) is 0.525. The summed E-state index contributed by atoms with van der Waals surface area (Å²) in [4.78, 5) is 13.7. The molecule has 0 spiro atoms. The zero-order valence-corrected chi connectivity index (χ0v) is 16.7. The van der Waals surface area contributed by atoms with Gasteiger partial charge in [0.2, 0.25) is 0 Å². The number of hydrogen-bond acceptors (Lipinski definition) is 4. The van der Waals surface area contributed by atoms with Gasteiger partial charge in [-0.15, -0.1) is 11.3 Å². The molecule has 0 radical (unpaired) electrons. The third-order valence-corrected chi connectivity index (χ3v) is 5.95. The maximum Gasteiger partial charge on any atom is 0.266 e. The molecule has 0 saturated heterocycles. The summed E-state index contributed by atoms with van der Waals surface area (Å²) in [6, 6.07) is 18.9. The summed E-state index contributed by atoms with van der Waals surface area (Å²) in [5, 5.41) is 1.91. The first-order valence-electron chi connectivity index (χ1n) is 8.40. The average Bonchev–Trinajstić information content (AvgIpc) is 3.19. The Balaban J connectivity index is 1.91. The van der Waals surface area contributed by atoms with Crippen LogP contribution >= 0.6 is 11.3 Å². The number of rotatable bonds is 4. The van der Waals surface area contributed by atoms with Gasteiger partial charge in [0.25, 0.3) is 15.9 Å². The molecule has 6 heteroatoms. The summed E-state index contributed by atoms with van der Waals surface area (Å²) in [7, 11) is -3.98. The molecule has 0 bridgehead atoms. The van der Waals surface area contributed by atoms with Crippen molar-refractivity contribution in [2.75, 3.05) is 0 Å². The van der Waals surface area contributed by atoms with E-state index in [2.05, 4.69) is 16.6 Å². The molecular weight excluding hydrogens is 390 g/mol. The minimum absolute atomic E-state index is 0.0310. The fourth-order valence-electron chi connectivity index (χ4n) is 2.38. The third kappa shape index (κ3) is 4.97. The van der Waals surface area contributed by atoms with E-state index in [1.54, 1.807) is 36.4 Å². The normalized spacial score (nSPS) is 11.4. The molecule has 1 amide bonds. The van der Waals surface area contributed by atoms with Gasteiger partial charge in [0.1, 0.15) is 0 Å². The standard InChI is InChI=1S/C22H17NO3S2/c1-17-12-14-20(15-13-17)28(25,26)23-22(24)21(18-7-3-2-4-8-18)11-5-9-19-10-6-16-27-19/h2-4,6-8,10-16H,1H3,(H,23,24)/b21-11+. The number of benzene rings is 2. The second-order valence-corrected chi connectivity index (χ2v) is 8.55. The van der Waals surface area contributed by atoms with Crippen molar-refractivity contribution in [1.29, 1.82) is 0 Å². The number of thiophene rings is 1. The highest BCUT2D eigenvalue weighted by Gasteiger charge is 2.20. The van der Waals surface area contributed by atoms with Gasteiger partial charge in [-0.05, 0) is 36.1 Å². The Morgan fingerprint density at radius 3 is 2.36 bits per heavy atom. The van der Waals surface area contributed by atoms with Crippen LogP contribution in [0.3, 0.4) is 0 Å². The number of hydrogen-bond donors (Lipinski definition) is 1. The van der Waals surface area contributed by atoms with Crippen LogP contribution in [0.15, 0.2) is 83.1 Å². The first-order valence-corrected chi connectivity index (χ1v) is 10.8. The van der Waals surface area contributed by atoms with Crippen molar-refractivity contribution in [1.82, 2.24) is 4.72 Å². The highest BCUT2D eigenvalue weighted by molar-refractivity contribution is 7.90. The van der Waals surface area contributed by atoms with E-state index in [1.165, 1.54) is 29.5 Å². The van der Waals surface area contributed by atoms with Crippen molar-refractivity contribution in [3.8, 4) is 11.8 Å². The van der Waals surface area contributed by atoms with Gasteiger partial charge in [-0.3, -0.25) is 4.79 Å². The Morgan fingerprint density at radius 2 is 1.71 bits per heavy atom. The summed E-state index contributed by atoms with van der Waals surface area (Å²) in [6.45, 7) is 1.86. The minimum atomic E-state index is -3.98. The molecule has 4 nitrogen and oxygen atoms in total. The summed E-state index contributed by atoms with van der Waals surface area (Å²) in [5.41, 5.74) is 1.69. The fraction of sp³-hybridized carbons (Fsp3) is 0.0455. The molecule has 1 N–H and O–H groups in total. The molecule has 0 fully saturated rings. The maximum absolute atomic E-state index is 12.8. The van der Waals surface area contributed by atoms with Crippen LogP contribution in [0, 0.1) is 18.8 Å². The predicted octanol–water partition coefficient (Wildman–Crippen LogP) is 4.00. The molecule has 1 heterocycles. The first-order chi connectivity index (χ1) is 13.5. The van der Waals surface area contributed by atoms with Crippen molar-refractivity contribution < 1.29 is 13.2 Å². The Hall–Kier alpha value is -3.14. The van der Waals surface area contributed by atoms with E-state index in [1.807, 2.05) is 30.5 Å². The average molecular weight is 408 g/mol. The van der Waals surface area contributed by atoms with Crippen LogP contribution in [0.4, 0.5) is 0 Å². The van der Waals surface area contributed by atoms with Crippen molar-refractivity contribution in [3.05, 3.63) is 94.2 Å². The second kappa shape index (κ2) is 8.70. The Bertz CT molecular complexity index is 1150. The molecule has 1 aromatic heterocycles. The SMILES string of the molecule is Cc1ccc(S(=O)(=O)NC(=O)/C(=C/C#Cc2cccs2)c2ccccc2)cc1. The zero-order valence-electron chi connectivity index (χ0n) is 15.0. The van der Waals surface area contributed by atoms with Gasteiger partial charge in [-0.25, -0.2) is 13.1 Å². The van der Waals surface area contributed by atoms with Crippen molar-refractivity contribution in [3.63, 3.8) is 0 Å². The van der Waals surface area contributed by atoms with E-state index in [9.17, 15) is 13.2 Å². The predicted molar refractivity (Wildman–Crippen MR) is 112 cm³/mol. The highest BCUT2D eigenvalue weighted by Crippen LogP contribution is 2.17. The van der Waals surface area contributed by atoms with E-state index >= 15 is 0 Å². The molecule has 2 aromatic carbocycles. The van der Waals surface area contributed by atoms with Gasteiger partial charge in [0.15, 0.2) is 0 Å². The lowest BCUT2D eigenvalue weighted by molar-refractivity contribution is -0.114. The van der Waals surface area contributed by atoms with Crippen molar-refractivity contribution in [2.24, 2.45) is 0 Å². The lowest BCUT2D eigenvalue weighted by atomic mass is 10.1. The molecule has 140 valence electrons. The zero-order chi connectivity index (χ0) is 20.0. The van der Waals surface area contributed by atoms with Gasteiger partial charge < -0.3 is 0 Å². The van der Waals surface area contributed by atoms with Crippen LogP contribution in [0.2, 0.25) is 0 Å². The van der Waals surface area contributed by atoms with E-state index in [-0.39, 0.29) is 10.5 Å². The smallest absolute Gasteiger partial charge is 0.266 e. The van der Waals surface area contributed by atoms with Crippen LogP contribution in [-0.4, -0.2) is 14.3 Å². The van der Waals surface area contributed by atoms with Crippen molar-refractivity contribution >= 4 is 32.8 Å². The molecule has 0 aliphatic heterocycles. The summed E-state index contributed by atoms with van der Waals surface area (Å²) in [5.74, 6) is 5.06. The van der Waals surface area contributed by atoms with Crippen LogP contribution < -0.4 is 4.72 Å². The lowest BCUT2D eigenvalue weighted by Crippen LogP contribution is -2.31. The van der Waals surface area contributed by atoms with Crippen LogP contribution in [0.5, 0.6) is 0 Å². The van der Waals surface area contributed by atoms with Crippen LogP contribution in [0.1, 0.15) is 16.0 Å². The van der Waals surface area contributed by atoms with Gasteiger partial charge >= 0.3 is 0 Å². The molecule has 0 saturated carbocycles. The largest absolute Gasteiger partial charge is 0.268 e. The van der Waals surface area contributed by atoms with Gasteiger partial charge in [-0.2, -0.15) is 0 Å². The number of allylic oxidation sites excluding steroid dienone is 1. The van der Waals surface area contributed by atoms with E-state index in [0.717, 1.165) is 10.4 Å². The van der Waals surface area contributed by atoms with Gasteiger partial charge in [0.05, 0.1) is 15.3 Å². The number of nitrogens with one attached hydrogen (secondary N) is 1. The first kappa shape index (κ1) is 19.6. The molecule has 0 atom stereocenters. The van der Waals surface area contributed by atoms with Crippen LogP contribution in [-0.2, 0) is 14.8 Å². The topological polar surface area (TPSA) is 63.2 Å². The molecule has 3 rings (SSSR count). The Morgan fingerprint density at radius 1 is 1.00 bits per heavy atom.